The highest BCUT2D eigenvalue weighted by Crippen LogP contribution is 2.29. The van der Waals surface area contributed by atoms with Gasteiger partial charge >= 0.3 is 6.18 Å². The lowest BCUT2D eigenvalue weighted by Gasteiger charge is -2.19. The molecule has 0 spiro atoms. The molecule has 0 radical (unpaired) electrons. The van der Waals surface area contributed by atoms with E-state index in [1.165, 1.54) is 11.9 Å². The highest BCUT2D eigenvalue weighted by Gasteiger charge is 2.33. The van der Waals surface area contributed by atoms with Crippen LogP contribution in [0.15, 0.2) is 6.07 Å². The second kappa shape index (κ2) is 6.40. The van der Waals surface area contributed by atoms with Gasteiger partial charge in [0.15, 0.2) is 5.69 Å². The highest BCUT2D eigenvalue weighted by molar-refractivity contribution is 5.80. The Labute approximate surface area is 114 Å². The minimum atomic E-state index is -4.61. The van der Waals surface area contributed by atoms with Gasteiger partial charge in [0.1, 0.15) is 5.82 Å². The Bertz CT molecular complexity index is 478. The summed E-state index contributed by atoms with van der Waals surface area (Å²) in [6.45, 7) is 2.28. The molecule has 0 atom stereocenters. The number of rotatable bonds is 5. The maximum atomic E-state index is 12.6. The third kappa shape index (κ3) is 4.56. The summed E-state index contributed by atoms with van der Waals surface area (Å²) in [5.74, 6) is -0.854. The van der Waals surface area contributed by atoms with Crippen LogP contribution in [-0.4, -0.2) is 36.0 Å². The lowest BCUT2D eigenvalue weighted by molar-refractivity contribution is -0.141. The molecule has 0 saturated heterocycles. The van der Waals surface area contributed by atoms with Crippen LogP contribution in [0.25, 0.3) is 0 Å². The highest BCUT2D eigenvalue weighted by atomic mass is 19.4. The van der Waals surface area contributed by atoms with Crippen molar-refractivity contribution in [3.05, 3.63) is 11.8 Å². The van der Waals surface area contributed by atoms with Crippen molar-refractivity contribution < 1.29 is 18.0 Å². The van der Waals surface area contributed by atoms with Gasteiger partial charge in [0, 0.05) is 19.7 Å². The molecule has 1 aromatic heterocycles. The zero-order chi connectivity index (χ0) is 15.3. The molecule has 1 amide bonds. The van der Waals surface area contributed by atoms with E-state index in [4.69, 9.17) is 5.73 Å². The molecule has 112 valence electrons. The number of carbonyl (C=O) groups is 1. The van der Waals surface area contributed by atoms with Crippen LogP contribution in [-0.2, 0) is 11.0 Å². The Morgan fingerprint density at radius 2 is 2.10 bits per heavy atom. The Hall–Kier alpha value is -2.06. The number of alkyl halides is 3. The Morgan fingerprint density at radius 3 is 2.65 bits per heavy atom. The van der Waals surface area contributed by atoms with Crippen LogP contribution >= 0.6 is 0 Å². The third-order valence-electron chi connectivity index (χ3n) is 2.36. The molecule has 0 aliphatic rings. The molecule has 0 aliphatic heterocycles. The number of aromatic nitrogens is 2. The third-order valence-corrected chi connectivity index (χ3v) is 2.36. The molecular weight excluding hydrogens is 275 g/mol. The van der Waals surface area contributed by atoms with E-state index >= 15 is 0 Å². The van der Waals surface area contributed by atoms with Crippen molar-refractivity contribution in [3.8, 4) is 0 Å². The lowest BCUT2D eigenvalue weighted by Crippen LogP contribution is -2.36. The Morgan fingerprint density at radius 1 is 1.45 bits per heavy atom. The second-order valence-electron chi connectivity index (χ2n) is 4.17. The van der Waals surface area contributed by atoms with Crippen LogP contribution in [0.2, 0.25) is 0 Å². The number of nitrogens with two attached hydrogens (primary N) is 1. The monoisotopic (exact) mass is 291 g/mol. The number of hydrogen-bond acceptors (Lipinski definition) is 5. The van der Waals surface area contributed by atoms with Crippen molar-refractivity contribution >= 4 is 17.7 Å². The van der Waals surface area contributed by atoms with Gasteiger partial charge in [-0.05, 0) is 6.42 Å². The van der Waals surface area contributed by atoms with Crippen LogP contribution in [0.5, 0.6) is 0 Å². The molecule has 0 unspecified atom stereocenters. The lowest BCUT2D eigenvalue weighted by atomic mass is 10.3. The number of nitrogens with zero attached hydrogens (tertiary/aromatic N) is 3. The molecule has 0 saturated carbocycles. The van der Waals surface area contributed by atoms with Crippen LogP contribution in [0.1, 0.15) is 19.0 Å². The van der Waals surface area contributed by atoms with E-state index < -0.39 is 17.8 Å². The number of nitrogens with one attached hydrogen (secondary N) is 1. The number of likely N-dealkylation sites (N-methyl/N-ethyl adjacent to an activating group) is 1. The van der Waals surface area contributed by atoms with Gasteiger partial charge in [-0.15, -0.1) is 0 Å². The Kier molecular flexibility index (Phi) is 5.12. The predicted molar refractivity (Wildman–Crippen MR) is 68.0 cm³/mol. The smallest absolute Gasteiger partial charge is 0.368 e. The molecule has 0 fully saturated rings. The first-order chi connectivity index (χ1) is 9.24. The standard InChI is InChI=1S/C11H16F3N5O/c1-3-4-16-9(20)6-19(2)8-5-7(11(12,13)14)17-10(15)18-8/h5H,3-4,6H2,1-2H3,(H,16,20)(H2,15,17,18). The molecule has 1 aromatic rings. The van der Waals surface area contributed by atoms with Gasteiger partial charge in [-0.2, -0.15) is 18.2 Å². The van der Waals surface area contributed by atoms with Gasteiger partial charge in [0.25, 0.3) is 0 Å². The fourth-order valence-corrected chi connectivity index (χ4v) is 1.41. The molecule has 6 nitrogen and oxygen atoms in total. The van der Waals surface area contributed by atoms with Crippen molar-refractivity contribution in [1.82, 2.24) is 15.3 Å². The minimum Gasteiger partial charge on any atom is -0.368 e. The summed E-state index contributed by atoms with van der Waals surface area (Å²) < 4.78 is 37.8. The number of amides is 1. The second-order valence-corrected chi connectivity index (χ2v) is 4.17. The summed E-state index contributed by atoms with van der Waals surface area (Å²) in [5.41, 5.74) is 4.12. The normalized spacial score (nSPS) is 11.2. The van der Waals surface area contributed by atoms with Crippen LogP contribution in [0.3, 0.4) is 0 Å². The maximum Gasteiger partial charge on any atom is 0.433 e. The van der Waals surface area contributed by atoms with Crippen molar-refractivity contribution in [1.29, 1.82) is 0 Å². The molecule has 9 heteroatoms. The van der Waals surface area contributed by atoms with E-state index in [0.717, 1.165) is 12.5 Å². The molecule has 1 rings (SSSR count). The summed E-state index contributed by atoms with van der Waals surface area (Å²) in [4.78, 5) is 19.6. The zero-order valence-corrected chi connectivity index (χ0v) is 11.2. The Balaban J connectivity index is 2.85. The van der Waals surface area contributed by atoms with Crippen LogP contribution in [0.4, 0.5) is 24.9 Å². The molecule has 1 heterocycles. The quantitative estimate of drug-likeness (QED) is 0.847. The van der Waals surface area contributed by atoms with E-state index in [1.54, 1.807) is 0 Å². The number of halogens is 3. The van der Waals surface area contributed by atoms with Crippen molar-refractivity contribution in [2.45, 2.75) is 19.5 Å². The fraction of sp³-hybridized carbons (Fsp3) is 0.545. The first-order valence-corrected chi connectivity index (χ1v) is 5.93. The molecule has 0 aromatic carbocycles. The van der Waals surface area contributed by atoms with E-state index in [-0.39, 0.29) is 18.3 Å². The van der Waals surface area contributed by atoms with Crippen molar-refractivity contribution in [2.75, 3.05) is 30.8 Å². The van der Waals surface area contributed by atoms with Crippen LogP contribution in [0, 0.1) is 0 Å². The van der Waals surface area contributed by atoms with Gasteiger partial charge in [0.2, 0.25) is 11.9 Å². The molecule has 0 bridgehead atoms. The van der Waals surface area contributed by atoms with E-state index in [9.17, 15) is 18.0 Å². The predicted octanol–water partition coefficient (Wildman–Crippen LogP) is 1.04. The summed E-state index contributed by atoms with van der Waals surface area (Å²) in [7, 11) is 1.45. The first-order valence-electron chi connectivity index (χ1n) is 5.93. The first kappa shape index (κ1) is 16.0. The minimum absolute atomic E-state index is 0.0588. The van der Waals surface area contributed by atoms with Gasteiger partial charge in [0.05, 0.1) is 6.54 Å². The average molecular weight is 291 g/mol. The summed E-state index contributed by atoms with van der Waals surface area (Å²) in [5, 5.41) is 2.61. The van der Waals surface area contributed by atoms with E-state index in [1.807, 2.05) is 6.92 Å². The van der Waals surface area contributed by atoms with E-state index in [0.29, 0.717) is 6.54 Å². The zero-order valence-electron chi connectivity index (χ0n) is 11.2. The number of hydrogen-bond donors (Lipinski definition) is 2. The summed E-state index contributed by atoms with van der Waals surface area (Å²) in [6.07, 6.45) is -3.84. The molecule has 0 aliphatic carbocycles. The maximum absolute atomic E-state index is 12.6. The molecule has 20 heavy (non-hydrogen) atoms. The molecular formula is C11H16F3N5O. The topological polar surface area (TPSA) is 84.1 Å². The molecule has 3 N–H and O–H groups in total. The van der Waals surface area contributed by atoms with Crippen LogP contribution < -0.4 is 16.0 Å². The van der Waals surface area contributed by atoms with Crippen molar-refractivity contribution in [3.63, 3.8) is 0 Å². The summed E-state index contributed by atoms with van der Waals surface area (Å²) in [6, 6.07) is 0.753. The number of anilines is 2. The van der Waals surface area contributed by atoms with E-state index in [2.05, 4.69) is 15.3 Å². The number of carbonyl (C=O) groups excluding carboxylic acids is 1. The summed E-state index contributed by atoms with van der Waals surface area (Å²) >= 11 is 0. The van der Waals surface area contributed by atoms with Gasteiger partial charge in [-0.1, -0.05) is 6.92 Å². The average Bonchev–Trinajstić information content (AvgIpc) is 2.34. The van der Waals surface area contributed by atoms with Gasteiger partial charge in [-0.3, -0.25) is 4.79 Å². The SMILES string of the molecule is CCCNC(=O)CN(C)c1cc(C(F)(F)F)nc(N)n1. The van der Waals surface area contributed by atoms with Gasteiger partial charge in [-0.25, -0.2) is 4.98 Å². The van der Waals surface area contributed by atoms with Gasteiger partial charge < -0.3 is 16.0 Å². The number of nitrogen functional groups attached to an aromatic ring is 1. The fourth-order valence-electron chi connectivity index (χ4n) is 1.41. The van der Waals surface area contributed by atoms with Crippen molar-refractivity contribution in [2.24, 2.45) is 0 Å². The largest absolute Gasteiger partial charge is 0.433 e.